The van der Waals surface area contributed by atoms with Crippen LogP contribution < -0.4 is 25.0 Å². The van der Waals surface area contributed by atoms with Crippen LogP contribution in [-0.2, 0) is 6.54 Å². The first kappa shape index (κ1) is 23.0. The maximum Gasteiger partial charge on any atom is 0.263 e. The number of hydrogen-bond donors (Lipinski definition) is 2. The van der Waals surface area contributed by atoms with Crippen LogP contribution in [0.15, 0.2) is 91.0 Å². The number of nitrogens with one attached hydrogen (secondary N) is 2. The molecule has 0 aliphatic carbocycles. The van der Waals surface area contributed by atoms with Gasteiger partial charge in [-0.2, -0.15) is 0 Å². The van der Waals surface area contributed by atoms with Gasteiger partial charge in [-0.25, -0.2) is 0 Å². The van der Waals surface area contributed by atoms with E-state index in [1.165, 1.54) is 14.2 Å². The molecule has 4 aromatic rings. The minimum absolute atomic E-state index is 0.164. The topological polar surface area (TPSA) is 79.9 Å². The Morgan fingerprint density at radius 2 is 1.42 bits per heavy atom. The van der Waals surface area contributed by atoms with Crippen molar-refractivity contribution in [3.05, 3.63) is 108 Å². The average molecular weight is 480 g/mol. The molecule has 0 radical (unpaired) electrons. The second kappa shape index (κ2) is 9.84. The number of anilines is 4. The SMILES string of the molecule is COc1cccc(OC)c1C(=O)Nc1ccc(C(=O)N2c3ccccc3CNc3ccccc32)cc1. The first-order chi connectivity index (χ1) is 17.6. The van der Waals surface area contributed by atoms with Crippen molar-refractivity contribution in [2.24, 2.45) is 0 Å². The fraction of sp³-hybridized carbons (Fsp3) is 0.103. The van der Waals surface area contributed by atoms with Gasteiger partial charge in [0.05, 0.1) is 31.3 Å². The fourth-order valence-corrected chi connectivity index (χ4v) is 4.33. The fourth-order valence-electron chi connectivity index (χ4n) is 4.33. The second-order valence-electron chi connectivity index (χ2n) is 8.21. The number of para-hydroxylation sites is 3. The summed E-state index contributed by atoms with van der Waals surface area (Å²) in [5.74, 6) is 0.282. The van der Waals surface area contributed by atoms with Gasteiger partial charge in [-0.15, -0.1) is 0 Å². The number of hydrogen-bond acceptors (Lipinski definition) is 5. The van der Waals surface area contributed by atoms with Crippen molar-refractivity contribution in [3.63, 3.8) is 0 Å². The number of methoxy groups -OCH3 is 2. The van der Waals surface area contributed by atoms with E-state index in [9.17, 15) is 9.59 Å². The van der Waals surface area contributed by atoms with Crippen molar-refractivity contribution in [2.75, 3.05) is 29.8 Å². The summed E-state index contributed by atoms with van der Waals surface area (Å²) in [6.07, 6.45) is 0. The first-order valence-electron chi connectivity index (χ1n) is 11.5. The first-order valence-corrected chi connectivity index (χ1v) is 11.5. The predicted molar refractivity (Wildman–Crippen MR) is 141 cm³/mol. The number of carbonyl (C=O) groups excluding carboxylic acids is 2. The molecule has 1 aliphatic rings. The van der Waals surface area contributed by atoms with Crippen LogP contribution in [0.1, 0.15) is 26.3 Å². The van der Waals surface area contributed by atoms with Crippen molar-refractivity contribution in [2.45, 2.75) is 6.54 Å². The molecule has 180 valence electrons. The molecule has 0 saturated heterocycles. The van der Waals surface area contributed by atoms with Gasteiger partial charge in [-0.1, -0.05) is 36.4 Å². The molecule has 0 fully saturated rings. The van der Waals surface area contributed by atoms with Gasteiger partial charge in [0.2, 0.25) is 0 Å². The van der Waals surface area contributed by atoms with E-state index in [2.05, 4.69) is 10.6 Å². The number of carbonyl (C=O) groups is 2. The van der Waals surface area contributed by atoms with Gasteiger partial charge >= 0.3 is 0 Å². The number of amides is 2. The molecular weight excluding hydrogens is 454 g/mol. The summed E-state index contributed by atoms with van der Waals surface area (Å²) < 4.78 is 10.7. The quantitative estimate of drug-likeness (QED) is 0.375. The monoisotopic (exact) mass is 479 g/mol. The Hall–Kier alpha value is -4.78. The van der Waals surface area contributed by atoms with Crippen molar-refractivity contribution in [1.82, 2.24) is 0 Å². The van der Waals surface area contributed by atoms with E-state index in [-0.39, 0.29) is 11.8 Å². The number of ether oxygens (including phenoxy) is 2. The Morgan fingerprint density at radius 3 is 2.11 bits per heavy atom. The molecule has 4 aromatic carbocycles. The summed E-state index contributed by atoms with van der Waals surface area (Å²) in [6.45, 7) is 0.619. The molecule has 0 bridgehead atoms. The summed E-state index contributed by atoms with van der Waals surface area (Å²) in [5.41, 5.74) is 4.87. The highest BCUT2D eigenvalue weighted by Crippen LogP contribution is 2.38. The third-order valence-corrected chi connectivity index (χ3v) is 6.09. The molecule has 0 atom stereocenters. The summed E-state index contributed by atoms with van der Waals surface area (Å²) in [6, 6.07) is 27.6. The molecule has 2 N–H and O–H groups in total. The summed E-state index contributed by atoms with van der Waals surface area (Å²) in [5, 5.41) is 6.28. The zero-order valence-electron chi connectivity index (χ0n) is 19.9. The third-order valence-electron chi connectivity index (χ3n) is 6.09. The summed E-state index contributed by atoms with van der Waals surface area (Å²) in [4.78, 5) is 28.5. The largest absolute Gasteiger partial charge is 0.496 e. The van der Waals surface area contributed by atoms with E-state index in [1.54, 1.807) is 47.4 Å². The lowest BCUT2D eigenvalue weighted by Gasteiger charge is -2.24. The van der Waals surface area contributed by atoms with Crippen LogP contribution in [0.2, 0.25) is 0 Å². The van der Waals surface area contributed by atoms with Gasteiger partial charge in [0.1, 0.15) is 17.1 Å². The Morgan fingerprint density at radius 1 is 0.778 bits per heavy atom. The summed E-state index contributed by atoms with van der Waals surface area (Å²) in [7, 11) is 3.00. The molecule has 0 aromatic heterocycles. The van der Waals surface area contributed by atoms with Gasteiger partial charge in [0.15, 0.2) is 0 Å². The van der Waals surface area contributed by atoms with Crippen molar-refractivity contribution in [3.8, 4) is 11.5 Å². The van der Waals surface area contributed by atoms with Crippen molar-refractivity contribution < 1.29 is 19.1 Å². The zero-order chi connectivity index (χ0) is 25.1. The molecule has 5 rings (SSSR count). The van der Waals surface area contributed by atoms with E-state index in [4.69, 9.17) is 9.47 Å². The lowest BCUT2D eigenvalue weighted by atomic mass is 10.1. The highest BCUT2D eigenvalue weighted by Gasteiger charge is 2.26. The Labute approximate surface area is 209 Å². The normalized spacial score (nSPS) is 11.9. The van der Waals surface area contributed by atoms with Crippen LogP contribution in [0, 0.1) is 0 Å². The maximum absolute atomic E-state index is 13.8. The third kappa shape index (κ3) is 4.22. The smallest absolute Gasteiger partial charge is 0.263 e. The van der Waals surface area contributed by atoms with Crippen LogP contribution in [0.4, 0.5) is 22.7 Å². The van der Waals surface area contributed by atoms with E-state index >= 15 is 0 Å². The zero-order valence-corrected chi connectivity index (χ0v) is 19.9. The van der Waals surface area contributed by atoms with E-state index in [1.807, 2.05) is 48.5 Å². The Bertz CT molecular complexity index is 1360. The van der Waals surface area contributed by atoms with Crippen molar-refractivity contribution in [1.29, 1.82) is 0 Å². The van der Waals surface area contributed by atoms with Gasteiger partial charge in [-0.05, 0) is 60.2 Å². The van der Waals surface area contributed by atoms with Crippen LogP contribution in [-0.4, -0.2) is 26.0 Å². The molecule has 36 heavy (non-hydrogen) atoms. The standard InChI is InChI=1S/C29H25N3O4/c1-35-25-12-7-13-26(36-2)27(25)28(33)31-21-16-14-19(15-17-21)29(34)32-23-10-5-3-8-20(23)18-30-22-9-4-6-11-24(22)32/h3-17,30H,18H2,1-2H3,(H,31,33). The molecule has 0 unspecified atom stereocenters. The minimum atomic E-state index is -0.371. The van der Waals surface area contributed by atoms with E-state index < -0.39 is 0 Å². The van der Waals surface area contributed by atoms with Crippen LogP contribution in [0.5, 0.6) is 11.5 Å². The van der Waals surface area contributed by atoms with Gasteiger partial charge in [0.25, 0.3) is 11.8 Å². The lowest BCUT2D eigenvalue weighted by Crippen LogP contribution is -2.26. The highest BCUT2D eigenvalue weighted by molar-refractivity contribution is 6.14. The summed E-state index contributed by atoms with van der Waals surface area (Å²) >= 11 is 0. The van der Waals surface area contributed by atoms with E-state index in [0.29, 0.717) is 34.9 Å². The maximum atomic E-state index is 13.8. The van der Waals surface area contributed by atoms with Crippen molar-refractivity contribution >= 4 is 34.6 Å². The highest BCUT2D eigenvalue weighted by atomic mass is 16.5. The number of rotatable bonds is 5. The molecule has 1 heterocycles. The predicted octanol–water partition coefficient (Wildman–Crippen LogP) is 5.86. The molecule has 2 amide bonds. The average Bonchev–Trinajstić information content (AvgIpc) is 3.09. The Kier molecular flexibility index (Phi) is 6.28. The molecular formula is C29H25N3O4. The second-order valence-corrected chi connectivity index (χ2v) is 8.21. The molecule has 7 heteroatoms. The van der Waals surface area contributed by atoms with Crippen LogP contribution in [0.3, 0.4) is 0 Å². The van der Waals surface area contributed by atoms with Crippen LogP contribution >= 0.6 is 0 Å². The van der Waals surface area contributed by atoms with Gasteiger partial charge in [0, 0.05) is 17.8 Å². The molecule has 0 saturated carbocycles. The number of nitrogens with zero attached hydrogens (tertiary/aromatic N) is 1. The molecule has 1 aliphatic heterocycles. The molecule has 7 nitrogen and oxygen atoms in total. The van der Waals surface area contributed by atoms with E-state index in [0.717, 1.165) is 22.6 Å². The van der Waals surface area contributed by atoms with Gasteiger partial charge in [-0.3, -0.25) is 14.5 Å². The number of benzene rings is 4. The lowest BCUT2D eigenvalue weighted by molar-refractivity contribution is 0.0996. The Balaban J connectivity index is 1.44. The van der Waals surface area contributed by atoms with Crippen LogP contribution in [0.25, 0.3) is 0 Å². The minimum Gasteiger partial charge on any atom is -0.496 e. The van der Waals surface area contributed by atoms with Gasteiger partial charge < -0.3 is 20.1 Å². The molecule has 0 spiro atoms. The number of fused-ring (bicyclic) bond motifs is 2.